The lowest BCUT2D eigenvalue weighted by Crippen LogP contribution is -2.44. The van der Waals surface area contributed by atoms with Crippen LogP contribution in [0.3, 0.4) is 0 Å². The average Bonchev–Trinajstić information content (AvgIpc) is 3.29. The number of nitrogens with one attached hydrogen (secondary N) is 2. The Bertz CT molecular complexity index is 1270. The number of ketones is 1. The van der Waals surface area contributed by atoms with E-state index < -0.39 is 12.0 Å². The molecule has 0 aliphatic heterocycles. The minimum Gasteiger partial charge on any atom is -0.469 e. The molecule has 39 heavy (non-hydrogen) atoms. The van der Waals surface area contributed by atoms with Crippen molar-refractivity contribution in [3.8, 4) is 0 Å². The van der Waals surface area contributed by atoms with Crippen molar-refractivity contribution in [2.45, 2.75) is 84.6 Å². The van der Waals surface area contributed by atoms with E-state index in [1.54, 1.807) is 0 Å². The van der Waals surface area contributed by atoms with Gasteiger partial charge in [0.05, 0.1) is 19.1 Å². The van der Waals surface area contributed by atoms with Gasteiger partial charge in [0.2, 0.25) is 5.91 Å². The summed E-state index contributed by atoms with van der Waals surface area (Å²) >= 11 is 0. The number of carbonyl (C=O) groups excluding carboxylic acids is 3. The standard InChI is InChI=1S/C32H45N3O4/c1-5-9-22-12-14-27-25(18-22)26-19-23(13-15-28(26)34-27)17-21(3)31(37)35-29(11-7-8-16-33)30(36)20-24(10-6-2)32(38)39-4/h12-15,18-19,21,24,29,34H,5-11,16-17,20,33H2,1-4H3,(H,35,37)/t21?,24-,29-/m1/s1. The maximum Gasteiger partial charge on any atom is 0.309 e. The van der Waals surface area contributed by atoms with Gasteiger partial charge in [-0.05, 0) is 80.5 Å². The number of esters is 1. The van der Waals surface area contributed by atoms with Crippen LogP contribution in [0.2, 0.25) is 0 Å². The highest BCUT2D eigenvalue weighted by atomic mass is 16.5. The van der Waals surface area contributed by atoms with Crippen molar-refractivity contribution in [3.63, 3.8) is 0 Å². The van der Waals surface area contributed by atoms with E-state index in [1.165, 1.54) is 18.1 Å². The van der Waals surface area contributed by atoms with Crippen molar-refractivity contribution >= 4 is 39.5 Å². The van der Waals surface area contributed by atoms with Crippen molar-refractivity contribution in [1.29, 1.82) is 0 Å². The van der Waals surface area contributed by atoms with Crippen LogP contribution in [0.25, 0.3) is 21.8 Å². The number of H-pyrrole nitrogens is 1. The molecular weight excluding hydrogens is 490 g/mol. The van der Waals surface area contributed by atoms with Crippen LogP contribution in [-0.4, -0.2) is 42.3 Å². The molecule has 0 saturated heterocycles. The Kier molecular flexibility index (Phi) is 11.5. The molecule has 0 spiro atoms. The smallest absolute Gasteiger partial charge is 0.309 e. The number of hydrogen-bond donors (Lipinski definition) is 3. The van der Waals surface area contributed by atoms with Crippen LogP contribution in [0.1, 0.15) is 76.8 Å². The fourth-order valence-electron chi connectivity index (χ4n) is 5.33. The van der Waals surface area contributed by atoms with E-state index >= 15 is 0 Å². The minimum absolute atomic E-state index is 0.0692. The number of carbonyl (C=O) groups is 3. The molecule has 7 heteroatoms. The van der Waals surface area contributed by atoms with Crippen LogP contribution < -0.4 is 11.1 Å². The summed E-state index contributed by atoms with van der Waals surface area (Å²) in [4.78, 5) is 42.1. The Morgan fingerprint density at radius 3 is 2.23 bits per heavy atom. The van der Waals surface area contributed by atoms with Gasteiger partial charge in [-0.2, -0.15) is 0 Å². The predicted octanol–water partition coefficient (Wildman–Crippen LogP) is 5.61. The van der Waals surface area contributed by atoms with E-state index in [1.807, 2.05) is 13.8 Å². The molecule has 3 atom stereocenters. The first-order valence-corrected chi connectivity index (χ1v) is 14.4. The van der Waals surface area contributed by atoms with Crippen molar-refractivity contribution in [2.24, 2.45) is 17.6 Å². The van der Waals surface area contributed by atoms with Gasteiger partial charge >= 0.3 is 5.97 Å². The Hall–Kier alpha value is -3.19. The zero-order valence-electron chi connectivity index (χ0n) is 24.0. The predicted molar refractivity (Wildman–Crippen MR) is 158 cm³/mol. The van der Waals surface area contributed by atoms with Gasteiger partial charge in [0.15, 0.2) is 5.78 Å². The Balaban J connectivity index is 1.73. The quantitative estimate of drug-likeness (QED) is 0.163. The number of benzene rings is 2. The number of nitrogens with two attached hydrogens (primary N) is 1. The molecule has 4 N–H and O–H groups in total. The number of methoxy groups -OCH3 is 1. The maximum atomic E-state index is 13.3. The van der Waals surface area contributed by atoms with E-state index in [0.717, 1.165) is 54.1 Å². The molecule has 3 rings (SSSR count). The van der Waals surface area contributed by atoms with Crippen molar-refractivity contribution in [1.82, 2.24) is 10.3 Å². The number of ether oxygens (including phenoxy) is 1. The lowest BCUT2D eigenvalue weighted by atomic mass is 9.92. The third kappa shape index (κ3) is 8.15. The number of fused-ring (bicyclic) bond motifs is 3. The SMILES string of the molecule is CCCc1ccc2[nH]c3ccc(CC(C)C(=O)N[C@H](CCCCN)C(=O)C[C@@H](CCC)C(=O)OC)cc3c2c1. The fraction of sp³-hybridized carbons (Fsp3) is 0.531. The van der Waals surface area contributed by atoms with Crippen molar-refractivity contribution < 1.29 is 19.1 Å². The molecule has 0 radical (unpaired) electrons. The lowest BCUT2D eigenvalue weighted by Gasteiger charge is -2.22. The second kappa shape index (κ2) is 14.8. The summed E-state index contributed by atoms with van der Waals surface area (Å²) in [5, 5.41) is 5.36. The number of unbranched alkanes of at least 4 members (excludes halogenated alkanes) is 1. The lowest BCUT2D eigenvalue weighted by molar-refractivity contribution is -0.147. The molecule has 1 aromatic heterocycles. The molecule has 0 aliphatic rings. The van der Waals surface area contributed by atoms with E-state index in [2.05, 4.69) is 53.6 Å². The van der Waals surface area contributed by atoms with Crippen LogP contribution in [0.4, 0.5) is 0 Å². The van der Waals surface area contributed by atoms with Crippen LogP contribution in [-0.2, 0) is 32.0 Å². The summed E-state index contributed by atoms with van der Waals surface area (Å²) < 4.78 is 4.90. The fourth-order valence-corrected chi connectivity index (χ4v) is 5.33. The number of aromatic nitrogens is 1. The molecular formula is C32H45N3O4. The molecule has 2 aromatic carbocycles. The van der Waals surface area contributed by atoms with Gasteiger partial charge in [-0.25, -0.2) is 0 Å². The molecule has 212 valence electrons. The number of aryl methyl sites for hydroxylation is 1. The van der Waals surface area contributed by atoms with E-state index in [0.29, 0.717) is 25.8 Å². The van der Waals surface area contributed by atoms with Gasteiger partial charge < -0.3 is 20.8 Å². The molecule has 0 saturated carbocycles. The third-order valence-electron chi connectivity index (χ3n) is 7.53. The Labute approximate surface area is 232 Å². The minimum atomic E-state index is -0.636. The van der Waals surface area contributed by atoms with Gasteiger partial charge in [-0.15, -0.1) is 0 Å². The summed E-state index contributed by atoms with van der Waals surface area (Å²) in [5.74, 6) is -1.46. The van der Waals surface area contributed by atoms with Crippen LogP contribution in [0.5, 0.6) is 0 Å². The zero-order valence-corrected chi connectivity index (χ0v) is 24.0. The van der Waals surface area contributed by atoms with Crippen LogP contribution in [0, 0.1) is 11.8 Å². The molecule has 1 amide bonds. The first-order chi connectivity index (χ1) is 18.8. The highest BCUT2D eigenvalue weighted by Gasteiger charge is 2.28. The molecule has 7 nitrogen and oxygen atoms in total. The molecule has 0 bridgehead atoms. The zero-order chi connectivity index (χ0) is 28.4. The monoisotopic (exact) mass is 535 g/mol. The molecule has 0 aliphatic carbocycles. The first-order valence-electron chi connectivity index (χ1n) is 14.4. The number of hydrogen-bond acceptors (Lipinski definition) is 5. The van der Waals surface area contributed by atoms with Gasteiger partial charge in [0.1, 0.15) is 0 Å². The largest absolute Gasteiger partial charge is 0.469 e. The number of amides is 1. The highest BCUT2D eigenvalue weighted by molar-refractivity contribution is 6.07. The maximum absolute atomic E-state index is 13.3. The normalized spacial score (nSPS) is 13.8. The highest BCUT2D eigenvalue weighted by Crippen LogP contribution is 2.28. The second-order valence-corrected chi connectivity index (χ2v) is 10.8. The summed E-state index contributed by atoms with van der Waals surface area (Å²) in [6.45, 7) is 6.58. The Morgan fingerprint density at radius 2 is 1.62 bits per heavy atom. The van der Waals surface area contributed by atoms with Crippen molar-refractivity contribution in [2.75, 3.05) is 13.7 Å². The van der Waals surface area contributed by atoms with Crippen molar-refractivity contribution in [3.05, 3.63) is 47.5 Å². The van der Waals surface area contributed by atoms with E-state index in [9.17, 15) is 14.4 Å². The van der Waals surface area contributed by atoms with Gasteiger partial charge in [-0.1, -0.05) is 45.7 Å². The van der Waals surface area contributed by atoms with E-state index in [4.69, 9.17) is 10.5 Å². The van der Waals surface area contributed by atoms with Gasteiger partial charge in [0.25, 0.3) is 0 Å². The van der Waals surface area contributed by atoms with E-state index in [-0.39, 0.29) is 30.0 Å². The van der Waals surface area contributed by atoms with Crippen LogP contribution >= 0.6 is 0 Å². The average molecular weight is 536 g/mol. The number of Topliss-reactive ketones (excluding diaryl/α,β-unsaturated/α-hetero) is 1. The van der Waals surface area contributed by atoms with Gasteiger partial charge in [0, 0.05) is 34.1 Å². The number of rotatable bonds is 16. The summed E-state index contributed by atoms with van der Waals surface area (Å²) in [6.07, 6.45) is 6.14. The topological polar surface area (TPSA) is 114 Å². The molecule has 1 heterocycles. The van der Waals surface area contributed by atoms with Gasteiger partial charge in [-0.3, -0.25) is 14.4 Å². The second-order valence-electron chi connectivity index (χ2n) is 10.8. The summed E-state index contributed by atoms with van der Waals surface area (Å²) in [6, 6.07) is 12.2. The molecule has 0 fully saturated rings. The Morgan fingerprint density at radius 1 is 0.949 bits per heavy atom. The van der Waals surface area contributed by atoms with Crippen LogP contribution in [0.15, 0.2) is 36.4 Å². The summed E-state index contributed by atoms with van der Waals surface area (Å²) in [5.41, 5.74) is 10.2. The summed E-state index contributed by atoms with van der Waals surface area (Å²) in [7, 11) is 1.34. The first kappa shape index (κ1) is 30.4. The molecule has 1 unspecified atom stereocenters. The number of aromatic amines is 1. The molecule has 3 aromatic rings. The third-order valence-corrected chi connectivity index (χ3v) is 7.53.